The van der Waals surface area contributed by atoms with Gasteiger partial charge >= 0.3 is 0 Å². The minimum Gasteiger partial charge on any atom is -0.376 e. The average molecular weight is 248 g/mol. The van der Waals surface area contributed by atoms with Gasteiger partial charge in [0.15, 0.2) is 0 Å². The molecule has 1 aromatic rings. The Kier molecular flexibility index (Phi) is 3.55. The molecule has 1 unspecified atom stereocenters. The molecule has 1 fully saturated rings. The molecule has 1 N–H and O–H groups in total. The molecule has 4 nitrogen and oxygen atoms in total. The fraction of sp³-hybridized carbons (Fsp3) is 0.571. The van der Waals surface area contributed by atoms with Gasteiger partial charge in [0, 0.05) is 12.1 Å². The van der Waals surface area contributed by atoms with Gasteiger partial charge in [-0.05, 0) is 56.2 Å². The van der Waals surface area contributed by atoms with E-state index in [9.17, 15) is 10.1 Å². The van der Waals surface area contributed by atoms with Crippen molar-refractivity contribution in [2.45, 2.75) is 46.1 Å². The van der Waals surface area contributed by atoms with Crippen molar-refractivity contribution in [3.05, 3.63) is 33.4 Å². The molecule has 4 heteroatoms. The van der Waals surface area contributed by atoms with Crippen molar-refractivity contribution in [3.8, 4) is 0 Å². The van der Waals surface area contributed by atoms with Crippen LogP contribution in [0.3, 0.4) is 0 Å². The van der Waals surface area contributed by atoms with Gasteiger partial charge in [0.1, 0.15) is 5.69 Å². The summed E-state index contributed by atoms with van der Waals surface area (Å²) in [6.07, 6.45) is 3.49. The number of aryl methyl sites for hydroxylation is 2. The molecule has 0 aromatic heterocycles. The van der Waals surface area contributed by atoms with Crippen LogP contribution in [0.15, 0.2) is 12.1 Å². The highest BCUT2D eigenvalue weighted by Gasteiger charge is 2.31. The maximum absolute atomic E-state index is 11.1. The molecule has 0 amide bonds. The van der Waals surface area contributed by atoms with Gasteiger partial charge in [-0.2, -0.15) is 0 Å². The zero-order valence-electron chi connectivity index (χ0n) is 11.2. The summed E-state index contributed by atoms with van der Waals surface area (Å²) >= 11 is 0. The monoisotopic (exact) mass is 248 g/mol. The van der Waals surface area contributed by atoms with Gasteiger partial charge in [-0.25, -0.2) is 0 Å². The van der Waals surface area contributed by atoms with E-state index < -0.39 is 0 Å². The van der Waals surface area contributed by atoms with Crippen LogP contribution in [-0.2, 0) is 0 Å². The molecule has 0 aliphatic heterocycles. The Labute approximate surface area is 108 Å². The molecule has 18 heavy (non-hydrogen) atoms. The molecular weight excluding hydrogens is 228 g/mol. The SMILES string of the molecule is CCC(Nc1cc(C)c(C)cc1[N+](=O)[O-])C1CC1. The Morgan fingerprint density at radius 1 is 1.39 bits per heavy atom. The molecule has 0 radical (unpaired) electrons. The molecular formula is C14H20N2O2. The number of hydrogen-bond donors (Lipinski definition) is 1. The van der Waals surface area contributed by atoms with Crippen LogP contribution in [0.25, 0.3) is 0 Å². The summed E-state index contributed by atoms with van der Waals surface area (Å²) in [7, 11) is 0. The fourth-order valence-electron chi connectivity index (χ4n) is 2.32. The highest BCUT2D eigenvalue weighted by Crippen LogP contribution is 2.37. The molecule has 1 saturated carbocycles. The second kappa shape index (κ2) is 4.96. The van der Waals surface area contributed by atoms with Crippen LogP contribution < -0.4 is 5.32 Å². The maximum atomic E-state index is 11.1. The van der Waals surface area contributed by atoms with Crippen molar-refractivity contribution < 1.29 is 4.92 Å². The third-order valence-electron chi connectivity index (χ3n) is 3.78. The minimum atomic E-state index is -0.297. The van der Waals surface area contributed by atoms with Gasteiger partial charge < -0.3 is 5.32 Å². The quantitative estimate of drug-likeness (QED) is 0.636. The second-order valence-corrected chi connectivity index (χ2v) is 5.21. The summed E-state index contributed by atoms with van der Waals surface area (Å²) in [4.78, 5) is 10.8. The lowest BCUT2D eigenvalue weighted by Crippen LogP contribution is -2.21. The standard InChI is InChI=1S/C14H20N2O2/c1-4-12(11-5-6-11)15-13-7-9(2)10(3)8-14(13)16(17)18/h7-8,11-12,15H,4-6H2,1-3H3. The number of nitrogens with zero attached hydrogens (tertiary/aromatic N) is 1. The van der Waals surface area contributed by atoms with E-state index in [0.29, 0.717) is 17.6 Å². The first-order valence-corrected chi connectivity index (χ1v) is 6.55. The van der Waals surface area contributed by atoms with Crippen molar-refractivity contribution in [3.63, 3.8) is 0 Å². The normalized spacial score (nSPS) is 16.4. The van der Waals surface area contributed by atoms with Crippen molar-refractivity contribution in [1.29, 1.82) is 0 Å². The maximum Gasteiger partial charge on any atom is 0.292 e. The third kappa shape index (κ3) is 2.63. The van der Waals surface area contributed by atoms with E-state index in [4.69, 9.17) is 0 Å². The number of nitrogens with one attached hydrogen (secondary N) is 1. The Morgan fingerprint density at radius 3 is 2.50 bits per heavy atom. The van der Waals surface area contributed by atoms with E-state index >= 15 is 0 Å². The van der Waals surface area contributed by atoms with E-state index in [2.05, 4.69) is 12.2 Å². The van der Waals surface area contributed by atoms with Crippen molar-refractivity contribution >= 4 is 11.4 Å². The lowest BCUT2D eigenvalue weighted by atomic mass is 10.1. The Hall–Kier alpha value is -1.58. The average Bonchev–Trinajstić information content (AvgIpc) is 3.13. The van der Waals surface area contributed by atoms with E-state index in [1.807, 2.05) is 19.9 Å². The lowest BCUT2D eigenvalue weighted by molar-refractivity contribution is -0.384. The number of nitro groups is 1. The van der Waals surface area contributed by atoms with Gasteiger partial charge in [0.25, 0.3) is 5.69 Å². The second-order valence-electron chi connectivity index (χ2n) is 5.21. The van der Waals surface area contributed by atoms with Crippen molar-refractivity contribution in [2.24, 2.45) is 5.92 Å². The molecule has 0 bridgehead atoms. The van der Waals surface area contributed by atoms with Gasteiger partial charge in [0.05, 0.1) is 4.92 Å². The van der Waals surface area contributed by atoms with Crippen molar-refractivity contribution in [2.75, 3.05) is 5.32 Å². The topological polar surface area (TPSA) is 55.2 Å². The van der Waals surface area contributed by atoms with Crippen LogP contribution in [0.5, 0.6) is 0 Å². The van der Waals surface area contributed by atoms with E-state index in [0.717, 1.165) is 17.5 Å². The summed E-state index contributed by atoms with van der Waals surface area (Å²) in [6.45, 7) is 6.02. The van der Waals surface area contributed by atoms with Gasteiger partial charge in [0.2, 0.25) is 0 Å². The smallest absolute Gasteiger partial charge is 0.292 e. The first kappa shape index (κ1) is 12.9. The minimum absolute atomic E-state index is 0.192. The van der Waals surface area contributed by atoms with Crippen LogP contribution >= 0.6 is 0 Å². The number of nitro benzene ring substituents is 1. The number of rotatable bonds is 5. The molecule has 0 heterocycles. The Balaban J connectivity index is 2.29. The Morgan fingerprint density at radius 2 is 2.00 bits per heavy atom. The molecule has 1 aromatic carbocycles. The van der Waals surface area contributed by atoms with E-state index in [-0.39, 0.29) is 10.6 Å². The number of hydrogen-bond acceptors (Lipinski definition) is 3. The largest absolute Gasteiger partial charge is 0.376 e. The first-order valence-electron chi connectivity index (χ1n) is 6.55. The number of benzene rings is 1. The number of anilines is 1. The molecule has 2 rings (SSSR count). The van der Waals surface area contributed by atoms with Gasteiger partial charge in [-0.15, -0.1) is 0 Å². The summed E-state index contributed by atoms with van der Waals surface area (Å²) in [5.74, 6) is 0.691. The van der Waals surface area contributed by atoms with Gasteiger partial charge in [-0.1, -0.05) is 6.92 Å². The molecule has 0 spiro atoms. The zero-order chi connectivity index (χ0) is 13.3. The summed E-state index contributed by atoms with van der Waals surface area (Å²) in [6, 6.07) is 3.93. The van der Waals surface area contributed by atoms with Crippen LogP contribution in [0.2, 0.25) is 0 Å². The summed E-state index contributed by atoms with van der Waals surface area (Å²) < 4.78 is 0. The summed E-state index contributed by atoms with van der Waals surface area (Å²) in [5, 5.41) is 14.5. The van der Waals surface area contributed by atoms with E-state index in [1.165, 1.54) is 12.8 Å². The molecule has 1 aliphatic carbocycles. The highest BCUT2D eigenvalue weighted by molar-refractivity contribution is 5.65. The predicted octanol–water partition coefficient (Wildman–Crippen LogP) is 3.81. The fourth-order valence-corrected chi connectivity index (χ4v) is 2.32. The lowest BCUT2D eigenvalue weighted by Gasteiger charge is -2.18. The van der Waals surface area contributed by atoms with Crippen LogP contribution in [-0.4, -0.2) is 11.0 Å². The summed E-state index contributed by atoms with van der Waals surface area (Å²) in [5.41, 5.74) is 2.92. The molecule has 1 atom stereocenters. The predicted molar refractivity (Wildman–Crippen MR) is 73.0 cm³/mol. The van der Waals surface area contributed by atoms with E-state index in [1.54, 1.807) is 6.07 Å². The van der Waals surface area contributed by atoms with Crippen LogP contribution in [0, 0.1) is 29.9 Å². The molecule has 1 aliphatic rings. The van der Waals surface area contributed by atoms with Gasteiger partial charge in [-0.3, -0.25) is 10.1 Å². The first-order chi connectivity index (χ1) is 8.52. The molecule has 0 saturated heterocycles. The highest BCUT2D eigenvalue weighted by atomic mass is 16.6. The zero-order valence-corrected chi connectivity index (χ0v) is 11.2. The van der Waals surface area contributed by atoms with Crippen LogP contribution in [0.1, 0.15) is 37.3 Å². The van der Waals surface area contributed by atoms with Crippen LogP contribution in [0.4, 0.5) is 11.4 Å². The molecule has 98 valence electrons. The van der Waals surface area contributed by atoms with Crippen molar-refractivity contribution in [1.82, 2.24) is 0 Å². The third-order valence-corrected chi connectivity index (χ3v) is 3.78. The Bertz CT molecular complexity index is 467.